The van der Waals surface area contributed by atoms with Crippen molar-refractivity contribution in [2.75, 3.05) is 4.90 Å². The molecule has 1 aromatic heterocycles. The molecule has 0 radical (unpaired) electrons. The van der Waals surface area contributed by atoms with Crippen LogP contribution in [0.25, 0.3) is 71.6 Å². The van der Waals surface area contributed by atoms with E-state index in [1.807, 2.05) is 59.5 Å². The van der Waals surface area contributed by atoms with Gasteiger partial charge in [0.2, 0.25) is 0 Å². The number of hydrogen-bond donors (Lipinski definition) is 0. The van der Waals surface area contributed by atoms with Crippen molar-refractivity contribution < 1.29 is 13.7 Å². The van der Waals surface area contributed by atoms with E-state index in [1.54, 1.807) is 12.1 Å². The van der Waals surface area contributed by atoms with Gasteiger partial charge in [-0.3, -0.25) is 0 Å². The first-order valence-corrected chi connectivity index (χ1v) is 17.7. The summed E-state index contributed by atoms with van der Waals surface area (Å²) in [6, 6.07) is 47.3. The van der Waals surface area contributed by atoms with Gasteiger partial charge in [0.25, 0.3) is 0 Å². The highest BCUT2D eigenvalue weighted by molar-refractivity contribution is 6.11. The van der Waals surface area contributed by atoms with Crippen LogP contribution in [0.5, 0.6) is 0 Å². The molecule has 0 amide bonds. The summed E-state index contributed by atoms with van der Waals surface area (Å²) in [7, 11) is 0. The number of benzene rings is 9. The fraction of sp³-hybridized carbons (Fsp3) is 0. The SMILES string of the molecule is [2H]c1c([2H])c([2H])c(-c2cc(-c3c([2H])c([2H])c([2H])c([2H])c3[2H])cc(N(c3ccccc3)c3ccc4c(c3)c3ccccc3n4-c3ccc(-c4cccc5ccccc45)cc3)c2)c([2H])c1[2H]. The van der Waals surface area contributed by atoms with Crippen molar-refractivity contribution >= 4 is 49.6 Å². The summed E-state index contributed by atoms with van der Waals surface area (Å²) < 4.78 is 88.4. The highest BCUT2D eigenvalue weighted by atomic mass is 15.1. The number of nitrogens with zero attached hydrogens (tertiary/aromatic N) is 2. The Hall–Kier alpha value is -7.16. The molecule has 0 fully saturated rings. The van der Waals surface area contributed by atoms with Crippen molar-refractivity contribution in [3.63, 3.8) is 0 Å². The first kappa shape index (κ1) is 22.7. The van der Waals surface area contributed by atoms with E-state index < -0.39 is 60.4 Å². The van der Waals surface area contributed by atoms with Gasteiger partial charge in [0, 0.05) is 33.5 Å². The predicted molar refractivity (Wildman–Crippen MR) is 229 cm³/mol. The van der Waals surface area contributed by atoms with Crippen LogP contribution in [0.3, 0.4) is 0 Å². The molecule has 9 aromatic carbocycles. The van der Waals surface area contributed by atoms with Crippen molar-refractivity contribution in [2.45, 2.75) is 0 Å². The minimum atomic E-state index is -0.542. The van der Waals surface area contributed by atoms with Crippen molar-refractivity contribution in [2.24, 2.45) is 0 Å². The number of para-hydroxylation sites is 2. The third-order valence-electron chi connectivity index (χ3n) is 9.91. The van der Waals surface area contributed by atoms with Crippen LogP contribution in [-0.2, 0) is 0 Å². The molecule has 2 nitrogen and oxygen atoms in total. The van der Waals surface area contributed by atoms with Gasteiger partial charge >= 0.3 is 0 Å². The maximum absolute atomic E-state index is 8.92. The van der Waals surface area contributed by atoms with E-state index in [4.69, 9.17) is 13.7 Å². The Kier molecular flexibility index (Phi) is 5.65. The summed E-state index contributed by atoms with van der Waals surface area (Å²) in [5.41, 5.74) is 7.37. The molecule has 0 bridgehead atoms. The van der Waals surface area contributed by atoms with E-state index >= 15 is 0 Å². The van der Waals surface area contributed by atoms with Gasteiger partial charge < -0.3 is 9.47 Å². The van der Waals surface area contributed by atoms with Gasteiger partial charge in [-0.1, -0.05) is 151 Å². The van der Waals surface area contributed by atoms with E-state index in [0.29, 0.717) is 5.69 Å². The van der Waals surface area contributed by atoms with Crippen LogP contribution in [0, 0.1) is 0 Å². The Morgan fingerprint density at radius 2 is 0.981 bits per heavy atom. The molecule has 10 rings (SSSR count). The monoisotopic (exact) mass is 698 g/mol. The topological polar surface area (TPSA) is 8.17 Å². The Morgan fingerprint density at radius 1 is 0.370 bits per heavy atom. The Bertz CT molecular complexity index is 3360. The molecule has 0 saturated heterocycles. The smallest absolute Gasteiger partial charge is 0.0629 e. The summed E-state index contributed by atoms with van der Waals surface area (Å²) in [6.45, 7) is 0. The number of aromatic nitrogens is 1. The normalized spacial score (nSPS) is 13.9. The van der Waals surface area contributed by atoms with Crippen LogP contribution in [0.1, 0.15) is 13.7 Å². The van der Waals surface area contributed by atoms with Gasteiger partial charge in [0.1, 0.15) is 0 Å². The molecule has 54 heavy (non-hydrogen) atoms. The lowest BCUT2D eigenvalue weighted by Crippen LogP contribution is -2.10. The maximum atomic E-state index is 8.92. The second-order valence-electron chi connectivity index (χ2n) is 13.1. The number of hydrogen-bond acceptors (Lipinski definition) is 1. The zero-order valence-corrected chi connectivity index (χ0v) is 28.9. The molecule has 0 saturated carbocycles. The lowest BCUT2D eigenvalue weighted by molar-refractivity contribution is 1.18. The van der Waals surface area contributed by atoms with Crippen LogP contribution in [0.4, 0.5) is 17.1 Å². The molecule has 1 heterocycles. The van der Waals surface area contributed by atoms with Crippen molar-refractivity contribution in [1.29, 1.82) is 0 Å². The quantitative estimate of drug-likeness (QED) is 0.161. The third kappa shape index (κ3) is 5.62. The molecule has 0 aliphatic heterocycles. The highest BCUT2D eigenvalue weighted by Gasteiger charge is 2.19. The molecule has 254 valence electrons. The van der Waals surface area contributed by atoms with Gasteiger partial charge in [-0.2, -0.15) is 0 Å². The van der Waals surface area contributed by atoms with Gasteiger partial charge in [0.05, 0.1) is 24.7 Å². The molecule has 10 aromatic rings. The standard InChI is InChI=1S/C52H36N2/c1-4-15-37(16-5-1)41-33-42(38-17-6-2-7-18-38)35-46(34-41)53(43-21-8-3-9-22-43)45-31-32-52-50(36-45)49-24-12-13-26-51(49)54(52)44-29-27-40(28-30-44)48-25-14-20-39-19-10-11-23-47(39)48/h1-36H/i1D,2D,4D,5D,6D,7D,15D,16D,17D,18D. The second-order valence-corrected chi connectivity index (χ2v) is 13.1. The Balaban J connectivity index is 1.19. The summed E-state index contributed by atoms with van der Waals surface area (Å²) in [6.07, 6.45) is 0. The van der Waals surface area contributed by atoms with Crippen LogP contribution < -0.4 is 4.90 Å². The largest absolute Gasteiger partial charge is 0.310 e. The van der Waals surface area contributed by atoms with E-state index in [1.165, 1.54) is 16.8 Å². The minimum absolute atomic E-state index is 0.0838. The van der Waals surface area contributed by atoms with Crippen LogP contribution in [-0.4, -0.2) is 4.57 Å². The minimum Gasteiger partial charge on any atom is -0.310 e. The van der Waals surface area contributed by atoms with Crippen molar-refractivity contribution in [3.8, 4) is 39.1 Å². The molecule has 0 N–H and O–H groups in total. The first-order chi connectivity index (χ1) is 30.9. The average molecular weight is 699 g/mol. The molecule has 0 atom stereocenters. The number of fused-ring (bicyclic) bond motifs is 4. The fourth-order valence-electron chi connectivity index (χ4n) is 7.49. The third-order valence-corrected chi connectivity index (χ3v) is 9.91. The zero-order valence-electron chi connectivity index (χ0n) is 38.9. The molecule has 0 aliphatic carbocycles. The van der Waals surface area contributed by atoms with Gasteiger partial charge in [0.15, 0.2) is 0 Å². The highest BCUT2D eigenvalue weighted by Crippen LogP contribution is 2.42. The molecule has 0 spiro atoms. The van der Waals surface area contributed by atoms with Crippen LogP contribution in [0.15, 0.2) is 218 Å². The summed E-state index contributed by atoms with van der Waals surface area (Å²) in [4.78, 5) is 1.96. The fourth-order valence-corrected chi connectivity index (χ4v) is 7.49. The summed E-state index contributed by atoms with van der Waals surface area (Å²) in [5.74, 6) is 0. The van der Waals surface area contributed by atoms with Gasteiger partial charge in [-0.05, 0) is 111 Å². The summed E-state index contributed by atoms with van der Waals surface area (Å²) >= 11 is 0. The van der Waals surface area contributed by atoms with Crippen LogP contribution >= 0.6 is 0 Å². The molecule has 0 unspecified atom stereocenters. The van der Waals surface area contributed by atoms with Gasteiger partial charge in [-0.25, -0.2) is 0 Å². The first-order valence-electron chi connectivity index (χ1n) is 22.7. The number of anilines is 3. The van der Waals surface area contributed by atoms with E-state index in [9.17, 15) is 0 Å². The van der Waals surface area contributed by atoms with E-state index in [-0.39, 0.29) is 22.3 Å². The number of rotatable bonds is 7. The lowest BCUT2D eigenvalue weighted by atomic mass is 9.97. The summed E-state index contributed by atoms with van der Waals surface area (Å²) in [5, 5.41) is 4.33. The van der Waals surface area contributed by atoms with Crippen molar-refractivity contribution in [3.05, 3.63) is 218 Å². The van der Waals surface area contributed by atoms with Crippen LogP contribution in [0.2, 0.25) is 0 Å². The average Bonchev–Trinajstić information content (AvgIpc) is 3.65. The predicted octanol–water partition coefficient (Wildman–Crippen LogP) is 14.4. The Labute approximate surface area is 329 Å². The molecule has 0 aliphatic rings. The van der Waals surface area contributed by atoms with E-state index in [0.717, 1.165) is 50.0 Å². The lowest BCUT2D eigenvalue weighted by Gasteiger charge is -2.27. The van der Waals surface area contributed by atoms with Crippen molar-refractivity contribution in [1.82, 2.24) is 4.57 Å². The van der Waals surface area contributed by atoms with E-state index in [2.05, 4.69) is 89.5 Å². The maximum Gasteiger partial charge on any atom is 0.0629 e. The molecular formula is C52H36N2. The molecular weight excluding hydrogens is 653 g/mol. The second kappa shape index (κ2) is 13.4. The van der Waals surface area contributed by atoms with Gasteiger partial charge in [-0.15, -0.1) is 0 Å². The zero-order chi connectivity index (χ0) is 44.6. The molecule has 2 heteroatoms. The Morgan fingerprint density at radius 3 is 1.70 bits per heavy atom.